The van der Waals surface area contributed by atoms with Gasteiger partial charge in [0.25, 0.3) is 0 Å². The lowest BCUT2D eigenvalue weighted by Gasteiger charge is -2.46. The number of aromatic amines is 1. The lowest BCUT2D eigenvalue weighted by atomic mass is 9.86. The number of amides is 2. The molecule has 3 aromatic carbocycles. The number of rotatable bonds is 5. The van der Waals surface area contributed by atoms with E-state index in [4.69, 9.17) is 14.2 Å². The molecule has 1 aromatic heterocycles. The zero-order chi connectivity index (χ0) is 26.5. The number of carbonyl (C=O) groups is 3. The first-order chi connectivity index (χ1) is 19.1. The number of aromatic nitrogens is 1. The highest BCUT2D eigenvalue weighted by atomic mass is 16.7. The molecule has 9 nitrogen and oxygen atoms in total. The number of para-hydroxylation sites is 1. The second kappa shape index (κ2) is 9.20. The predicted molar refractivity (Wildman–Crippen MR) is 140 cm³/mol. The molecule has 196 valence electrons. The number of H-pyrrole nitrogens is 1. The number of hydrogen-bond donors (Lipinski definition) is 1. The van der Waals surface area contributed by atoms with Crippen LogP contribution in [0, 0.1) is 0 Å². The fraction of sp³-hybridized carbons (Fsp3) is 0.233. The summed E-state index contributed by atoms with van der Waals surface area (Å²) >= 11 is 0. The van der Waals surface area contributed by atoms with Crippen molar-refractivity contribution >= 4 is 28.7 Å². The van der Waals surface area contributed by atoms with E-state index in [-0.39, 0.29) is 38.3 Å². The monoisotopic (exact) mass is 523 g/mol. The van der Waals surface area contributed by atoms with E-state index in [1.54, 1.807) is 4.90 Å². The van der Waals surface area contributed by atoms with Crippen LogP contribution in [-0.4, -0.2) is 58.5 Å². The van der Waals surface area contributed by atoms with Gasteiger partial charge in [0.2, 0.25) is 18.6 Å². The van der Waals surface area contributed by atoms with Crippen LogP contribution in [0.25, 0.3) is 10.9 Å². The van der Waals surface area contributed by atoms with Crippen molar-refractivity contribution in [3.05, 3.63) is 95.2 Å². The number of benzene rings is 3. The molecule has 0 bridgehead atoms. The maximum atomic E-state index is 13.8. The van der Waals surface area contributed by atoms with Gasteiger partial charge in [-0.05, 0) is 34.9 Å². The fourth-order valence-electron chi connectivity index (χ4n) is 5.83. The van der Waals surface area contributed by atoms with E-state index in [9.17, 15) is 14.4 Å². The molecule has 0 radical (unpaired) electrons. The first kappa shape index (κ1) is 23.3. The van der Waals surface area contributed by atoms with Crippen LogP contribution in [0.3, 0.4) is 0 Å². The van der Waals surface area contributed by atoms with Gasteiger partial charge in [-0.25, -0.2) is 0 Å². The van der Waals surface area contributed by atoms with Crippen LogP contribution < -0.4 is 9.47 Å². The smallest absolute Gasteiger partial charge is 0.325 e. The van der Waals surface area contributed by atoms with Crippen molar-refractivity contribution in [2.75, 3.05) is 19.9 Å². The molecule has 3 aliphatic heterocycles. The number of fused-ring (bicyclic) bond motifs is 5. The molecule has 1 fully saturated rings. The number of carbonyl (C=O) groups excluding carboxylic acids is 3. The average Bonchev–Trinajstić information content (AvgIpc) is 3.58. The van der Waals surface area contributed by atoms with E-state index in [2.05, 4.69) is 4.98 Å². The van der Waals surface area contributed by atoms with E-state index in [0.717, 1.165) is 33.3 Å². The quantitative estimate of drug-likeness (QED) is 0.403. The summed E-state index contributed by atoms with van der Waals surface area (Å²) in [6, 6.07) is 21.6. The standard InChI is InChI=1S/C30H25N3O6/c34-26-14-32(15-27(35)37-16-18-6-2-1-3-7-18)30(36)23-13-21-20-8-4-5-9-22(20)31-28(21)29(33(23)26)19-10-11-24-25(12-19)39-17-38-24/h1-12,23,29,31H,13-17H2/t23-,29-/m1/s1. The molecule has 3 aliphatic rings. The SMILES string of the molecule is O=C(CN1CC(=O)N2[C@H](c3ccc4c(c3)OCO4)c3[nH]c4ccccc4c3C[C@@H]2C1=O)OCc1ccccc1. The molecule has 4 heterocycles. The summed E-state index contributed by atoms with van der Waals surface area (Å²) in [7, 11) is 0. The molecule has 1 N–H and O–H groups in total. The highest BCUT2D eigenvalue weighted by Gasteiger charge is 2.48. The van der Waals surface area contributed by atoms with Gasteiger partial charge in [0.05, 0.1) is 6.04 Å². The number of nitrogens with one attached hydrogen (secondary N) is 1. The molecule has 9 heteroatoms. The van der Waals surface area contributed by atoms with Gasteiger partial charge in [-0.2, -0.15) is 0 Å². The van der Waals surface area contributed by atoms with Crippen LogP contribution in [0.15, 0.2) is 72.8 Å². The molecule has 0 unspecified atom stereocenters. The van der Waals surface area contributed by atoms with Crippen molar-refractivity contribution in [1.29, 1.82) is 0 Å². The van der Waals surface area contributed by atoms with Crippen LogP contribution in [0.5, 0.6) is 11.5 Å². The second-order valence-electron chi connectivity index (χ2n) is 9.94. The molecule has 39 heavy (non-hydrogen) atoms. The Bertz CT molecular complexity index is 1610. The Morgan fingerprint density at radius 1 is 0.974 bits per heavy atom. The molecule has 2 atom stereocenters. The topological polar surface area (TPSA) is 101 Å². The summed E-state index contributed by atoms with van der Waals surface area (Å²) in [6.45, 7) is -0.236. The normalized spacial score (nSPS) is 19.7. The van der Waals surface area contributed by atoms with E-state index >= 15 is 0 Å². The van der Waals surface area contributed by atoms with Crippen LogP contribution in [0.4, 0.5) is 0 Å². The van der Waals surface area contributed by atoms with Crippen molar-refractivity contribution in [3.8, 4) is 11.5 Å². The highest BCUT2D eigenvalue weighted by molar-refractivity contribution is 5.99. The van der Waals surface area contributed by atoms with Crippen LogP contribution in [-0.2, 0) is 32.1 Å². The summed E-state index contributed by atoms with van der Waals surface area (Å²) in [6.07, 6.45) is 0.348. The third-order valence-corrected chi connectivity index (χ3v) is 7.62. The Morgan fingerprint density at radius 3 is 2.64 bits per heavy atom. The van der Waals surface area contributed by atoms with E-state index < -0.39 is 18.1 Å². The molecule has 0 saturated carbocycles. The summed E-state index contributed by atoms with van der Waals surface area (Å²) in [4.78, 5) is 46.6. The third kappa shape index (κ3) is 3.98. The summed E-state index contributed by atoms with van der Waals surface area (Å²) in [5.41, 5.74) is 4.47. The third-order valence-electron chi connectivity index (χ3n) is 7.62. The average molecular weight is 524 g/mol. The van der Waals surface area contributed by atoms with Gasteiger partial charge >= 0.3 is 5.97 Å². The zero-order valence-electron chi connectivity index (χ0n) is 21.0. The summed E-state index contributed by atoms with van der Waals surface area (Å²) < 4.78 is 16.5. The minimum Gasteiger partial charge on any atom is -0.459 e. The van der Waals surface area contributed by atoms with Crippen LogP contribution in [0.1, 0.15) is 28.4 Å². The number of piperazine rings is 1. The maximum Gasteiger partial charge on any atom is 0.325 e. The van der Waals surface area contributed by atoms with Crippen molar-refractivity contribution < 1.29 is 28.6 Å². The Labute approximate surface area is 223 Å². The number of ether oxygens (including phenoxy) is 3. The first-order valence-corrected chi connectivity index (χ1v) is 12.9. The van der Waals surface area contributed by atoms with Crippen molar-refractivity contribution in [2.45, 2.75) is 25.1 Å². The van der Waals surface area contributed by atoms with Gasteiger partial charge in [-0.3, -0.25) is 14.4 Å². The van der Waals surface area contributed by atoms with Gasteiger partial charge in [-0.1, -0.05) is 54.6 Å². The largest absolute Gasteiger partial charge is 0.459 e. The molecule has 4 aromatic rings. The lowest BCUT2D eigenvalue weighted by molar-refractivity contribution is -0.163. The van der Waals surface area contributed by atoms with Crippen LogP contribution in [0.2, 0.25) is 0 Å². The Morgan fingerprint density at radius 2 is 1.77 bits per heavy atom. The minimum absolute atomic E-state index is 0.107. The van der Waals surface area contributed by atoms with Gasteiger partial charge in [0.15, 0.2) is 11.5 Å². The van der Waals surface area contributed by atoms with Crippen molar-refractivity contribution in [3.63, 3.8) is 0 Å². The van der Waals surface area contributed by atoms with E-state index in [0.29, 0.717) is 17.9 Å². The van der Waals surface area contributed by atoms with Gasteiger partial charge < -0.3 is 29.0 Å². The highest BCUT2D eigenvalue weighted by Crippen LogP contribution is 2.44. The molecule has 0 aliphatic carbocycles. The molecule has 7 rings (SSSR count). The molecule has 0 spiro atoms. The Balaban J connectivity index is 1.21. The summed E-state index contributed by atoms with van der Waals surface area (Å²) in [5.74, 6) is 0.190. The molecular formula is C30H25N3O6. The first-order valence-electron chi connectivity index (χ1n) is 12.9. The lowest BCUT2D eigenvalue weighted by Crippen LogP contribution is -2.63. The van der Waals surface area contributed by atoms with Crippen LogP contribution >= 0.6 is 0 Å². The van der Waals surface area contributed by atoms with E-state index in [1.807, 2.05) is 72.8 Å². The Hall–Kier alpha value is -4.79. The fourth-order valence-corrected chi connectivity index (χ4v) is 5.83. The van der Waals surface area contributed by atoms with Gasteiger partial charge in [0, 0.05) is 23.0 Å². The van der Waals surface area contributed by atoms with Gasteiger partial charge in [-0.15, -0.1) is 0 Å². The van der Waals surface area contributed by atoms with Gasteiger partial charge in [0.1, 0.15) is 25.7 Å². The van der Waals surface area contributed by atoms with E-state index in [1.165, 1.54) is 4.90 Å². The Kier molecular flexibility index (Phi) is 5.50. The second-order valence-corrected chi connectivity index (χ2v) is 9.94. The molecular weight excluding hydrogens is 498 g/mol. The number of hydrogen-bond acceptors (Lipinski definition) is 6. The number of esters is 1. The zero-order valence-corrected chi connectivity index (χ0v) is 21.0. The molecule has 2 amide bonds. The predicted octanol–water partition coefficient (Wildman–Crippen LogP) is 3.32. The maximum absolute atomic E-state index is 13.8. The van der Waals surface area contributed by atoms with Crippen molar-refractivity contribution in [1.82, 2.24) is 14.8 Å². The summed E-state index contributed by atoms with van der Waals surface area (Å²) in [5, 5.41) is 1.01. The number of nitrogens with zero attached hydrogens (tertiary/aromatic N) is 2. The minimum atomic E-state index is -0.754. The molecule has 1 saturated heterocycles. The van der Waals surface area contributed by atoms with Crippen molar-refractivity contribution in [2.24, 2.45) is 0 Å².